The second kappa shape index (κ2) is 6.52. The van der Waals surface area contributed by atoms with Crippen LogP contribution in [0.2, 0.25) is 0 Å². The topological polar surface area (TPSA) is 72.2 Å². The number of Topliss-reactive ketones (excluding diaryl/α,β-unsaturated/α-hetero) is 1. The van der Waals surface area contributed by atoms with Gasteiger partial charge in [-0.1, -0.05) is 30.3 Å². The number of ketones is 1. The van der Waals surface area contributed by atoms with E-state index in [0.717, 1.165) is 5.69 Å². The van der Waals surface area contributed by atoms with Crippen LogP contribution in [0.5, 0.6) is 0 Å². The molecule has 0 aliphatic rings. The molecule has 2 aromatic carbocycles. The van der Waals surface area contributed by atoms with E-state index in [9.17, 15) is 9.59 Å². The number of benzene rings is 2. The Kier molecular flexibility index (Phi) is 4.50. The summed E-state index contributed by atoms with van der Waals surface area (Å²) in [6, 6.07) is 15.9. The van der Waals surface area contributed by atoms with Gasteiger partial charge >= 0.3 is 0 Å². The normalized spacial score (nSPS) is 10.0. The van der Waals surface area contributed by atoms with Crippen LogP contribution >= 0.6 is 0 Å². The van der Waals surface area contributed by atoms with E-state index in [0.29, 0.717) is 11.3 Å². The molecule has 0 saturated carbocycles. The lowest BCUT2D eigenvalue weighted by atomic mass is 10.1. The predicted molar refractivity (Wildman–Crippen MR) is 79.5 cm³/mol. The van der Waals surface area contributed by atoms with Gasteiger partial charge in [-0.05, 0) is 24.3 Å². The highest BCUT2D eigenvalue weighted by molar-refractivity contribution is 6.00. The van der Waals surface area contributed by atoms with Crippen LogP contribution in [0.25, 0.3) is 0 Å². The summed E-state index contributed by atoms with van der Waals surface area (Å²) in [5.74, 6) is -0.256. The van der Waals surface area contributed by atoms with Gasteiger partial charge in [-0.15, -0.1) is 0 Å². The number of nitrogens with two attached hydrogens (primary N) is 1. The summed E-state index contributed by atoms with van der Waals surface area (Å²) in [7, 11) is 0. The van der Waals surface area contributed by atoms with E-state index in [2.05, 4.69) is 5.32 Å². The molecule has 0 radical (unpaired) electrons. The van der Waals surface area contributed by atoms with Gasteiger partial charge in [-0.3, -0.25) is 9.59 Å². The number of anilines is 2. The van der Waals surface area contributed by atoms with Crippen LogP contribution in [-0.4, -0.2) is 11.7 Å². The van der Waals surface area contributed by atoms with E-state index in [-0.39, 0.29) is 24.5 Å². The van der Waals surface area contributed by atoms with E-state index in [1.54, 1.807) is 36.4 Å². The summed E-state index contributed by atoms with van der Waals surface area (Å²) >= 11 is 0. The van der Waals surface area contributed by atoms with E-state index < -0.39 is 0 Å². The third-order valence-corrected chi connectivity index (χ3v) is 2.85. The first-order valence-corrected chi connectivity index (χ1v) is 6.39. The molecule has 0 saturated heterocycles. The van der Waals surface area contributed by atoms with Gasteiger partial charge in [0.2, 0.25) is 5.91 Å². The summed E-state index contributed by atoms with van der Waals surface area (Å²) in [5, 5.41) is 2.74. The fourth-order valence-electron chi connectivity index (χ4n) is 1.83. The lowest BCUT2D eigenvalue weighted by molar-refractivity contribution is -0.116. The maximum Gasteiger partial charge on any atom is 0.224 e. The summed E-state index contributed by atoms with van der Waals surface area (Å²) in [6.45, 7) is 0. The van der Waals surface area contributed by atoms with Gasteiger partial charge in [0.1, 0.15) is 0 Å². The fraction of sp³-hybridized carbons (Fsp3) is 0.125. The molecular weight excluding hydrogens is 252 g/mol. The average Bonchev–Trinajstić information content (AvgIpc) is 2.46. The Hall–Kier alpha value is -2.62. The van der Waals surface area contributed by atoms with E-state index in [4.69, 9.17) is 5.73 Å². The molecule has 0 atom stereocenters. The van der Waals surface area contributed by atoms with Gasteiger partial charge in [0.25, 0.3) is 0 Å². The Balaban J connectivity index is 1.86. The number of hydrogen-bond donors (Lipinski definition) is 2. The van der Waals surface area contributed by atoms with Gasteiger partial charge in [0.15, 0.2) is 5.78 Å². The minimum Gasteiger partial charge on any atom is -0.399 e. The molecule has 0 aromatic heterocycles. The molecule has 0 unspecified atom stereocenters. The SMILES string of the molecule is Nc1cccc(C(=O)CCC(=O)Nc2ccccc2)c1. The number of carbonyl (C=O) groups is 2. The van der Waals surface area contributed by atoms with Gasteiger partial charge in [0.05, 0.1) is 0 Å². The first-order chi connectivity index (χ1) is 9.65. The van der Waals surface area contributed by atoms with Crippen molar-refractivity contribution in [3.63, 3.8) is 0 Å². The molecule has 4 nitrogen and oxygen atoms in total. The molecule has 0 spiro atoms. The molecule has 0 fully saturated rings. The average molecular weight is 268 g/mol. The Labute approximate surface area is 117 Å². The van der Waals surface area contributed by atoms with Crippen molar-refractivity contribution in [1.82, 2.24) is 0 Å². The monoisotopic (exact) mass is 268 g/mol. The number of para-hydroxylation sites is 1. The second-order valence-electron chi connectivity index (χ2n) is 4.46. The van der Waals surface area contributed by atoms with Crippen LogP contribution in [0.3, 0.4) is 0 Å². The molecule has 0 bridgehead atoms. The minimum absolute atomic E-state index is 0.0829. The summed E-state index contributed by atoms with van der Waals surface area (Å²) in [6.07, 6.45) is 0.324. The van der Waals surface area contributed by atoms with Gasteiger partial charge < -0.3 is 11.1 Å². The summed E-state index contributed by atoms with van der Waals surface area (Å²) < 4.78 is 0. The zero-order valence-electron chi connectivity index (χ0n) is 11.0. The quantitative estimate of drug-likeness (QED) is 0.647. The van der Waals surface area contributed by atoms with Crippen LogP contribution in [0.1, 0.15) is 23.2 Å². The molecule has 1 amide bonds. The Morgan fingerprint density at radius 2 is 1.70 bits per heavy atom. The molecular formula is C16H16N2O2. The highest BCUT2D eigenvalue weighted by atomic mass is 16.2. The van der Waals surface area contributed by atoms with Crippen molar-refractivity contribution >= 4 is 23.1 Å². The van der Waals surface area contributed by atoms with Gasteiger partial charge in [-0.25, -0.2) is 0 Å². The van der Waals surface area contributed by atoms with E-state index >= 15 is 0 Å². The van der Waals surface area contributed by atoms with Crippen molar-refractivity contribution in [3.05, 3.63) is 60.2 Å². The highest BCUT2D eigenvalue weighted by Crippen LogP contribution is 2.11. The molecule has 2 aromatic rings. The summed E-state index contributed by atoms with van der Waals surface area (Å²) in [5.41, 5.74) is 7.44. The molecule has 0 aliphatic heterocycles. The zero-order chi connectivity index (χ0) is 14.4. The van der Waals surface area contributed by atoms with Crippen LogP contribution in [0.15, 0.2) is 54.6 Å². The minimum atomic E-state index is -0.173. The van der Waals surface area contributed by atoms with Crippen molar-refractivity contribution < 1.29 is 9.59 Å². The standard InChI is InChI=1S/C16H16N2O2/c17-13-6-4-5-12(11-13)15(19)9-10-16(20)18-14-7-2-1-3-8-14/h1-8,11H,9-10,17H2,(H,18,20). The molecule has 4 heteroatoms. The largest absolute Gasteiger partial charge is 0.399 e. The molecule has 3 N–H and O–H groups in total. The Bertz CT molecular complexity index is 609. The van der Waals surface area contributed by atoms with Crippen molar-refractivity contribution in [2.75, 3.05) is 11.1 Å². The third-order valence-electron chi connectivity index (χ3n) is 2.85. The molecule has 2 rings (SSSR count). The third kappa shape index (κ3) is 3.95. The predicted octanol–water partition coefficient (Wildman–Crippen LogP) is 2.87. The van der Waals surface area contributed by atoms with Gasteiger partial charge in [0, 0.05) is 29.8 Å². The Morgan fingerprint density at radius 3 is 2.40 bits per heavy atom. The lowest BCUT2D eigenvalue weighted by Crippen LogP contribution is -2.13. The molecule has 102 valence electrons. The highest BCUT2D eigenvalue weighted by Gasteiger charge is 2.09. The Morgan fingerprint density at radius 1 is 0.950 bits per heavy atom. The number of hydrogen-bond acceptors (Lipinski definition) is 3. The van der Waals surface area contributed by atoms with Crippen LogP contribution in [0, 0.1) is 0 Å². The zero-order valence-corrected chi connectivity index (χ0v) is 11.0. The van der Waals surface area contributed by atoms with Crippen LogP contribution in [-0.2, 0) is 4.79 Å². The van der Waals surface area contributed by atoms with Crippen LogP contribution < -0.4 is 11.1 Å². The fourth-order valence-corrected chi connectivity index (χ4v) is 1.83. The van der Waals surface area contributed by atoms with Crippen molar-refractivity contribution in [2.45, 2.75) is 12.8 Å². The van der Waals surface area contributed by atoms with Crippen LogP contribution in [0.4, 0.5) is 11.4 Å². The maximum atomic E-state index is 11.9. The number of rotatable bonds is 5. The second-order valence-corrected chi connectivity index (χ2v) is 4.46. The molecule has 20 heavy (non-hydrogen) atoms. The number of amides is 1. The maximum absolute atomic E-state index is 11.9. The van der Waals surface area contributed by atoms with Crippen molar-refractivity contribution in [3.8, 4) is 0 Å². The van der Waals surface area contributed by atoms with Crippen molar-refractivity contribution in [1.29, 1.82) is 0 Å². The number of nitrogen functional groups attached to an aromatic ring is 1. The number of nitrogens with one attached hydrogen (secondary N) is 1. The summed E-state index contributed by atoms with van der Waals surface area (Å²) in [4.78, 5) is 23.6. The lowest BCUT2D eigenvalue weighted by Gasteiger charge is -2.05. The first kappa shape index (κ1) is 13.8. The molecule has 0 aliphatic carbocycles. The molecule has 0 heterocycles. The van der Waals surface area contributed by atoms with Gasteiger partial charge in [-0.2, -0.15) is 0 Å². The van der Waals surface area contributed by atoms with E-state index in [1.165, 1.54) is 0 Å². The number of carbonyl (C=O) groups excluding carboxylic acids is 2. The van der Waals surface area contributed by atoms with Crippen molar-refractivity contribution in [2.24, 2.45) is 0 Å². The smallest absolute Gasteiger partial charge is 0.224 e. The van der Waals surface area contributed by atoms with E-state index in [1.807, 2.05) is 18.2 Å². The first-order valence-electron chi connectivity index (χ1n) is 6.39.